The van der Waals surface area contributed by atoms with Crippen molar-refractivity contribution >= 4 is 25.2 Å². The van der Waals surface area contributed by atoms with Gasteiger partial charge in [0.25, 0.3) is 0 Å². The number of amides is 1. The predicted octanol–water partition coefficient (Wildman–Crippen LogP) is 1.21. The molecule has 146 valence electrons. The smallest absolute Gasteiger partial charge is 0.534 e. The van der Waals surface area contributed by atoms with Crippen LogP contribution in [0.3, 0.4) is 0 Å². The van der Waals surface area contributed by atoms with Crippen molar-refractivity contribution in [3.05, 3.63) is 29.3 Å². The number of rotatable bonds is 5. The zero-order chi connectivity index (χ0) is 20.1. The van der Waals surface area contributed by atoms with Crippen LogP contribution in [0.25, 0.3) is 0 Å². The lowest BCUT2D eigenvalue weighted by atomic mass is 9.72. The van der Waals surface area contributed by atoms with Gasteiger partial charge < -0.3 is 29.2 Å². The van der Waals surface area contributed by atoms with Crippen molar-refractivity contribution in [3.8, 4) is 5.75 Å². The van der Waals surface area contributed by atoms with Crippen LogP contribution in [-0.4, -0.2) is 48.5 Å². The van der Waals surface area contributed by atoms with Gasteiger partial charge in [0.2, 0.25) is 12.2 Å². The molecule has 0 aliphatic carbocycles. The highest BCUT2D eigenvalue weighted by molar-refractivity contribution is 6.47. The molecule has 2 rings (SSSR count). The van der Waals surface area contributed by atoms with E-state index in [9.17, 15) is 19.4 Å². The first kappa shape index (κ1) is 20.6. The van der Waals surface area contributed by atoms with Crippen LogP contribution >= 0.6 is 0 Å². The van der Waals surface area contributed by atoms with Crippen molar-refractivity contribution in [1.82, 2.24) is 5.32 Å². The van der Waals surface area contributed by atoms with E-state index in [0.29, 0.717) is 5.56 Å². The van der Waals surface area contributed by atoms with Gasteiger partial charge in [-0.05, 0) is 31.9 Å². The van der Waals surface area contributed by atoms with E-state index in [2.05, 4.69) is 5.32 Å². The number of esters is 1. The van der Waals surface area contributed by atoms with Crippen LogP contribution in [0.4, 0.5) is 4.79 Å². The number of fused-ring (bicyclic) bond motifs is 1. The molecule has 0 aromatic heterocycles. The van der Waals surface area contributed by atoms with Gasteiger partial charge in [0.15, 0.2) is 0 Å². The summed E-state index contributed by atoms with van der Waals surface area (Å²) in [5.41, 5.74) is 0.696. The van der Waals surface area contributed by atoms with Crippen molar-refractivity contribution in [2.75, 3.05) is 0 Å². The summed E-state index contributed by atoms with van der Waals surface area (Å²) in [6, 6.07) is 4.80. The van der Waals surface area contributed by atoms with Crippen molar-refractivity contribution in [1.29, 1.82) is 0 Å². The monoisotopic (exact) mass is 379 g/mol. The minimum absolute atomic E-state index is 0.0699. The van der Waals surface area contributed by atoms with Crippen molar-refractivity contribution < 1.29 is 38.3 Å². The van der Waals surface area contributed by atoms with Crippen LogP contribution in [0.2, 0.25) is 0 Å². The molecule has 1 amide bonds. The quantitative estimate of drug-likeness (QED) is 0.445. The summed E-state index contributed by atoms with van der Waals surface area (Å²) < 4.78 is 20.2. The summed E-state index contributed by atoms with van der Waals surface area (Å²) >= 11 is 0. The lowest BCUT2D eigenvalue weighted by Gasteiger charge is -2.29. The fraction of sp³-hybridized carbons (Fsp3) is 0.471. The Kier molecular flexibility index (Phi) is 6.67. The maximum atomic E-state index is 12.4. The highest BCUT2D eigenvalue weighted by Gasteiger charge is 2.37. The van der Waals surface area contributed by atoms with Crippen LogP contribution in [0.15, 0.2) is 18.2 Å². The Labute approximate surface area is 157 Å². The number of ether oxygens (including phenoxy) is 3. The summed E-state index contributed by atoms with van der Waals surface area (Å²) in [5.74, 6) is -1.56. The summed E-state index contributed by atoms with van der Waals surface area (Å²) in [6.45, 7) is 6.02. The van der Waals surface area contributed by atoms with Gasteiger partial charge >= 0.3 is 19.2 Å². The molecule has 9 nitrogen and oxygen atoms in total. The molecule has 0 radical (unpaired) electrons. The Balaban J connectivity index is 2.08. The molecule has 2 N–H and O–H groups in total. The second-order valence-electron chi connectivity index (χ2n) is 6.32. The third-order valence-electron chi connectivity index (χ3n) is 3.59. The maximum absolute atomic E-state index is 12.4. The number of carbonyl (C=O) groups excluding carboxylic acids is 3. The van der Waals surface area contributed by atoms with E-state index in [1.807, 2.05) is 0 Å². The van der Waals surface area contributed by atoms with E-state index in [1.165, 1.54) is 19.9 Å². The first-order chi connectivity index (χ1) is 12.7. The lowest BCUT2D eigenvalue weighted by Crippen LogP contribution is -2.52. The minimum Gasteiger partial charge on any atom is -0.534 e. The molecular formula is C17H22BNO8. The third-order valence-corrected chi connectivity index (χ3v) is 3.59. The van der Waals surface area contributed by atoms with Gasteiger partial charge in [-0.2, -0.15) is 0 Å². The molecule has 1 aliphatic heterocycles. The van der Waals surface area contributed by atoms with Gasteiger partial charge in [-0.15, -0.1) is 0 Å². The zero-order valence-corrected chi connectivity index (χ0v) is 15.6. The topological polar surface area (TPSA) is 120 Å². The molecule has 1 aromatic rings. The Hall–Kier alpha value is -2.75. The molecule has 1 aliphatic rings. The average Bonchev–Trinajstić information content (AvgIpc) is 2.53. The molecule has 2 unspecified atom stereocenters. The van der Waals surface area contributed by atoms with Gasteiger partial charge in [0.05, 0.1) is 12.0 Å². The van der Waals surface area contributed by atoms with E-state index in [1.54, 1.807) is 26.0 Å². The number of benzene rings is 1. The number of nitrogens with one attached hydrogen (secondary N) is 1. The minimum atomic E-state index is -1.31. The van der Waals surface area contributed by atoms with Crippen LogP contribution in [0.5, 0.6) is 5.75 Å². The van der Waals surface area contributed by atoms with Gasteiger partial charge in [0.1, 0.15) is 11.3 Å². The Morgan fingerprint density at radius 1 is 1.22 bits per heavy atom. The standard InChI is InChI=1S/C17H22BNO8/c1-9(2)24-17(22)26-11(4)25-16(21)13-7-5-6-12-8-14(19-10(3)20)18(23)27-15(12)13/h5-7,9,11,14,23H,8H2,1-4H3,(H,19,20). The second-order valence-corrected chi connectivity index (χ2v) is 6.32. The highest BCUT2D eigenvalue weighted by atomic mass is 16.8. The average molecular weight is 379 g/mol. The van der Waals surface area contributed by atoms with E-state index < -0.39 is 31.5 Å². The van der Waals surface area contributed by atoms with E-state index in [-0.39, 0.29) is 29.7 Å². The maximum Gasteiger partial charge on any atom is 0.547 e. The third kappa shape index (κ3) is 5.62. The molecule has 10 heteroatoms. The molecule has 0 saturated heterocycles. The normalized spacial score (nSPS) is 16.7. The van der Waals surface area contributed by atoms with Gasteiger partial charge in [-0.1, -0.05) is 12.1 Å². The van der Waals surface area contributed by atoms with Gasteiger partial charge in [0, 0.05) is 13.8 Å². The second kappa shape index (κ2) is 8.76. The predicted molar refractivity (Wildman–Crippen MR) is 93.9 cm³/mol. The van der Waals surface area contributed by atoms with E-state index in [0.717, 1.165) is 0 Å². The van der Waals surface area contributed by atoms with Crippen LogP contribution in [0, 0.1) is 0 Å². The highest BCUT2D eigenvalue weighted by Crippen LogP contribution is 2.30. The molecular weight excluding hydrogens is 357 g/mol. The van der Waals surface area contributed by atoms with E-state index >= 15 is 0 Å². The molecule has 0 bridgehead atoms. The molecule has 1 aromatic carbocycles. The van der Waals surface area contributed by atoms with Crippen molar-refractivity contribution in [2.24, 2.45) is 0 Å². The SMILES string of the molecule is CC(=O)NC1Cc2cccc(C(=O)OC(C)OC(=O)OC(C)C)c2OB1O. The van der Waals surface area contributed by atoms with Crippen molar-refractivity contribution in [3.63, 3.8) is 0 Å². The summed E-state index contributed by atoms with van der Waals surface area (Å²) in [4.78, 5) is 35.1. The Bertz CT molecular complexity index is 723. The zero-order valence-electron chi connectivity index (χ0n) is 15.6. The first-order valence-corrected chi connectivity index (χ1v) is 8.49. The van der Waals surface area contributed by atoms with E-state index in [4.69, 9.17) is 18.9 Å². The number of para-hydroxylation sites is 1. The number of hydrogen-bond acceptors (Lipinski definition) is 8. The van der Waals surface area contributed by atoms with Gasteiger partial charge in [-0.25, -0.2) is 9.59 Å². The largest absolute Gasteiger partial charge is 0.547 e. The van der Waals surface area contributed by atoms with Crippen LogP contribution < -0.4 is 9.97 Å². The summed E-state index contributed by atoms with van der Waals surface area (Å²) in [6.07, 6.45) is -2.22. The molecule has 0 saturated carbocycles. The summed E-state index contributed by atoms with van der Waals surface area (Å²) in [7, 11) is -1.31. The Morgan fingerprint density at radius 2 is 1.93 bits per heavy atom. The van der Waals surface area contributed by atoms with Crippen LogP contribution in [0.1, 0.15) is 43.6 Å². The fourth-order valence-corrected chi connectivity index (χ4v) is 2.56. The lowest BCUT2D eigenvalue weighted by molar-refractivity contribution is -0.119. The molecule has 27 heavy (non-hydrogen) atoms. The first-order valence-electron chi connectivity index (χ1n) is 8.49. The van der Waals surface area contributed by atoms with Crippen molar-refractivity contribution in [2.45, 2.75) is 52.5 Å². The van der Waals surface area contributed by atoms with Gasteiger partial charge in [-0.3, -0.25) is 4.79 Å². The summed E-state index contributed by atoms with van der Waals surface area (Å²) in [5, 5.41) is 12.7. The molecule has 2 atom stereocenters. The number of hydrogen-bond donors (Lipinski definition) is 2. The molecule has 1 heterocycles. The number of carbonyl (C=O) groups is 3. The molecule has 0 fully saturated rings. The van der Waals surface area contributed by atoms with Crippen LogP contribution in [-0.2, 0) is 25.4 Å². The fourth-order valence-electron chi connectivity index (χ4n) is 2.56. The Morgan fingerprint density at radius 3 is 2.56 bits per heavy atom. The molecule has 0 spiro atoms.